The average molecular weight is 329 g/mol. The molecule has 1 unspecified atom stereocenters. The minimum atomic E-state index is -1.51. The molecule has 8 heteroatoms. The van der Waals surface area contributed by atoms with Crippen LogP contribution in [0.2, 0.25) is 0 Å². The molecule has 2 heterocycles. The van der Waals surface area contributed by atoms with Crippen molar-refractivity contribution < 1.29 is 9.00 Å². The molecule has 118 valence electrons. The summed E-state index contributed by atoms with van der Waals surface area (Å²) in [6.07, 6.45) is 3.44. The molecule has 1 atom stereocenters. The standard InChI is InChI=1S/C15H15N5O2S/c1-8-6-9(23(16)22)2-3-11(8)18-14-17-7-10-12(20-14)19-13(21)15(10)4-5-15/h2-3,6-7H,4-5,16H2,1H3,(H2,17,18,19,20,21). The van der Waals surface area contributed by atoms with Crippen molar-refractivity contribution in [3.63, 3.8) is 0 Å². The van der Waals surface area contributed by atoms with Gasteiger partial charge in [0.25, 0.3) is 0 Å². The number of anilines is 3. The Morgan fingerprint density at radius 1 is 1.39 bits per heavy atom. The fourth-order valence-corrected chi connectivity index (χ4v) is 3.38. The summed E-state index contributed by atoms with van der Waals surface area (Å²) in [7, 11) is -1.51. The van der Waals surface area contributed by atoms with Crippen molar-refractivity contribution in [1.29, 1.82) is 0 Å². The summed E-state index contributed by atoms with van der Waals surface area (Å²) < 4.78 is 11.3. The van der Waals surface area contributed by atoms with Crippen LogP contribution in [-0.4, -0.2) is 20.1 Å². The van der Waals surface area contributed by atoms with E-state index in [9.17, 15) is 9.00 Å². The van der Waals surface area contributed by atoms with Gasteiger partial charge in [0.2, 0.25) is 11.9 Å². The predicted octanol–water partition coefficient (Wildman–Crippen LogP) is 1.49. The minimum absolute atomic E-state index is 0.0184. The zero-order valence-corrected chi connectivity index (χ0v) is 13.2. The van der Waals surface area contributed by atoms with E-state index in [1.54, 1.807) is 24.4 Å². The Balaban J connectivity index is 1.63. The second-order valence-corrected chi connectivity index (χ2v) is 6.96. The summed E-state index contributed by atoms with van der Waals surface area (Å²) in [4.78, 5) is 21.3. The molecule has 2 aromatic rings. The molecular weight excluding hydrogens is 314 g/mol. The number of nitrogens with zero attached hydrogens (tertiary/aromatic N) is 2. The number of carbonyl (C=O) groups is 1. The SMILES string of the molecule is Cc1cc(S(N)=O)ccc1Nc1ncc2c(n1)NC(=O)C21CC1. The summed E-state index contributed by atoms with van der Waals surface area (Å²) >= 11 is 0. The van der Waals surface area contributed by atoms with E-state index < -0.39 is 11.0 Å². The van der Waals surface area contributed by atoms with Gasteiger partial charge < -0.3 is 10.6 Å². The molecule has 1 aromatic heterocycles. The van der Waals surface area contributed by atoms with E-state index in [-0.39, 0.29) is 11.3 Å². The maximum absolute atomic E-state index is 12.0. The predicted molar refractivity (Wildman–Crippen MR) is 86.6 cm³/mol. The number of amides is 1. The second kappa shape index (κ2) is 4.84. The number of hydrogen-bond acceptors (Lipinski definition) is 5. The second-order valence-electron chi connectivity index (χ2n) is 5.89. The maximum Gasteiger partial charge on any atom is 0.236 e. The topological polar surface area (TPSA) is 110 Å². The fourth-order valence-electron chi connectivity index (χ4n) is 2.88. The first kappa shape index (κ1) is 14.3. The smallest absolute Gasteiger partial charge is 0.236 e. The molecule has 1 fully saturated rings. The fraction of sp³-hybridized carbons (Fsp3) is 0.267. The van der Waals surface area contributed by atoms with Crippen LogP contribution in [0, 0.1) is 6.92 Å². The monoisotopic (exact) mass is 329 g/mol. The molecule has 4 N–H and O–H groups in total. The minimum Gasteiger partial charge on any atom is -0.324 e. The van der Waals surface area contributed by atoms with E-state index in [1.165, 1.54) is 0 Å². The van der Waals surface area contributed by atoms with Gasteiger partial charge in [0.15, 0.2) is 0 Å². The summed E-state index contributed by atoms with van der Waals surface area (Å²) in [5.74, 6) is 1.01. The van der Waals surface area contributed by atoms with Gasteiger partial charge in [0.1, 0.15) is 16.8 Å². The highest BCUT2D eigenvalue weighted by Crippen LogP contribution is 2.54. The molecule has 1 aromatic carbocycles. The first-order valence-corrected chi connectivity index (χ1v) is 8.44. The van der Waals surface area contributed by atoms with Crippen molar-refractivity contribution in [2.45, 2.75) is 30.1 Å². The molecule has 7 nitrogen and oxygen atoms in total. The highest BCUT2D eigenvalue weighted by Gasteiger charge is 2.57. The lowest BCUT2D eigenvalue weighted by atomic mass is 10.0. The molecule has 1 aliphatic heterocycles. The first-order valence-electron chi connectivity index (χ1n) is 7.22. The van der Waals surface area contributed by atoms with Crippen molar-refractivity contribution in [2.24, 2.45) is 5.14 Å². The van der Waals surface area contributed by atoms with Crippen LogP contribution in [0.3, 0.4) is 0 Å². The highest BCUT2D eigenvalue weighted by molar-refractivity contribution is 7.82. The van der Waals surface area contributed by atoms with Gasteiger partial charge in [-0.2, -0.15) is 4.98 Å². The number of carbonyl (C=O) groups excluding carboxylic acids is 1. The van der Waals surface area contributed by atoms with Crippen LogP contribution >= 0.6 is 0 Å². The van der Waals surface area contributed by atoms with Gasteiger partial charge in [-0.05, 0) is 43.5 Å². The maximum atomic E-state index is 12.0. The molecule has 0 bridgehead atoms. The molecule has 23 heavy (non-hydrogen) atoms. The van der Waals surface area contributed by atoms with Gasteiger partial charge in [-0.1, -0.05) is 0 Å². The lowest BCUT2D eigenvalue weighted by Gasteiger charge is -2.10. The number of fused-ring (bicyclic) bond motifs is 2. The Morgan fingerprint density at radius 3 is 2.83 bits per heavy atom. The van der Waals surface area contributed by atoms with E-state index in [0.717, 1.165) is 29.7 Å². The van der Waals surface area contributed by atoms with E-state index in [0.29, 0.717) is 16.7 Å². The number of aryl methyl sites for hydroxylation is 1. The highest BCUT2D eigenvalue weighted by atomic mass is 32.2. The number of aromatic nitrogens is 2. The number of nitrogens with two attached hydrogens (primary N) is 1. The van der Waals surface area contributed by atoms with E-state index >= 15 is 0 Å². The zero-order valence-electron chi connectivity index (χ0n) is 12.4. The molecule has 0 radical (unpaired) electrons. The number of rotatable bonds is 3. The normalized spacial score (nSPS) is 18.4. The van der Waals surface area contributed by atoms with E-state index in [2.05, 4.69) is 20.6 Å². The first-order chi connectivity index (χ1) is 11.0. The largest absolute Gasteiger partial charge is 0.324 e. The molecule has 2 aliphatic rings. The summed E-state index contributed by atoms with van der Waals surface area (Å²) in [6, 6.07) is 5.24. The van der Waals surface area contributed by atoms with E-state index in [1.807, 2.05) is 6.92 Å². The molecule has 0 saturated heterocycles. The van der Waals surface area contributed by atoms with Gasteiger partial charge in [-0.25, -0.2) is 14.3 Å². The Bertz CT molecular complexity index is 863. The summed E-state index contributed by atoms with van der Waals surface area (Å²) in [6.45, 7) is 1.88. The zero-order chi connectivity index (χ0) is 16.2. The lowest BCUT2D eigenvalue weighted by Crippen LogP contribution is -2.18. The van der Waals surface area contributed by atoms with E-state index in [4.69, 9.17) is 5.14 Å². The van der Waals surface area contributed by atoms with Crippen molar-refractivity contribution in [3.05, 3.63) is 35.5 Å². The number of nitrogens with one attached hydrogen (secondary N) is 2. The number of benzene rings is 1. The molecule has 1 aliphatic carbocycles. The van der Waals surface area contributed by atoms with Crippen LogP contribution in [0.1, 0.15) is 24.0 Å². The summed E-state index contributed by atoms with van der Waals surface area (Å²) in [5.41, 5.74) is 2.19. The van der Waals surface area contributed by atoms with Crippen LogP contribution in [-0.2, 0) is 21.2 Å². The Kier molecular flexibility index (Phi) is 3.00. The third kappa shape index (κ3) is 2.22. The summed E-state index contributed by atoms with van der Waals surface area (Å²) in [5, 5.41) is 11.3. The van der Waals surface area contributed by atoms with Gasteiger partial charge >= 0.3 is 0 Å². The Morgan fingerprint density at radius 2 is 2.17 bits per heavy atom. The van der Waals surface area contributed by atoms with Crippen LogP contribution in [0.15, 0.2) is 29.3 Å². The van der Waals surface area contributed by atoms with Crippen LogP contribution in [0.4, 0.5) is 17.5 Å². The molecular formula is C15H15N5O2S. The van der Waals surface area contributed by atoms with Gasteiger partial charge in [0, 0.05) is 17.4 Å². The van der Waals surface area contributed by atoms with Crippen LogP contribution < -0.4 is 15.8 Å². The van der Waals surface area contributed by atoms with Crippen molar-refractivity contribution in [3.8, 4) is 0 Å². The van der Waals surface area contributed by atoms with Gasteiger partial charge in [-0.3, -0.25) is 4.79 Å². The van der Waals surface area contributed by atoms with Crippen molar-refractivity contribution >= 4 is 34.3 Å². The average Bonchev–Trinajstić information content (AvgIpc) is 3.26. The third-order valence-corrected chi connectivity index (χ3v) is 5.12. The third-order valence-electron chi connectivity index (χ3n) is 4.40. The quantitative estimate of drug-likeness (QED) is 0.790. The van der Waals surface area contributed by atoms with Crippen LogP contribution in [0.5, 0.6) is 0 Å². The Labute approximate surface area is 135 Å². The molecule has 1 saturated carbocycles. The van der Waals surface area contributed by atoms with Gasteiger partial charge in [0.05, 0.1) is 10.3 Å². The van der Waals surface area contributed by atoms with Crippen LogP contribution in [0.25, 0.3) is 0 Å². The van der Waals surface area contributed by atoms with Crippen molar-refractivity contribution in [2.75, 3.05) is 10.6 Å². The Hall–Kier alpha value is -2.32. The molecule has 1 amide bonds. The molecule has 4 rings (SSSR count). The van der Waals surface area contributed by atoms with Crippen molar-refractivity contribution in [1.82, 2.24) is 9.97 Å². The lowest BCUT2D eigenvalue weighted by molar-refractivity contribution is -0.117. The number of hydrogen-bond donors (Lipinski definition) is 3. The van der Waals surface area contributed by atoms with Gasteiger partial charge in [-0.15, -0.1) is 0 Å². The molecule has 1 spiro atoms.